The fourth-order valence-corrected chi connectivity index (χ4v) is 2.41. The maximum absolute atomic E-state index is 12.3. The fraction of sp³-hybridized carbons (Fsp3) is 0.250. The van der Waals surface area contributed by atoms with Crippen molar-refractivity contribution in [3.05, 3.63) is 36.0 Å². The van der Waals surface area contributed by atoms with Gasteiger partial charge in [-0.2, -0.15) is 0 Å². The molecule has 25 heavy (non-hydrogen) atoms. The van der Waals surface area contributed by atoms with Crippen molar-refractivity contribution in [3.63, 3.8) is 0 Å². The zero-order chi connectivity index (χ0) is 18.2. The van der Waals surface area contributed by atoms with Crippen molar-refractivity contribution in [2.24, 2.45) is 5.73 Å². The first-order valence-corrected chi connectivity index (χ1v) is 7.58. The van der Waals surface area contributed by atoms with Crippen LogP contribution in [-0.4, -0.2) is 48.2 Å². The molecule has 1 aromatic heterocycles. The third kappa shape index (κ3) is 5.06. The Morgan fingerprint density at radius 3 is 2.68 bits per heavy atom. The van der Waals surface area contributed by atoms with Crippen LogP contribution in [0, 0.1) is 0 Å². The molecule has 1 atom stereocenters. The van der Waals surface area contributed by atoms with Gasteiger partial charge in [-0.25, -0.2) is 0 Å². The minimum Gasteiger partial charge on any atom is -0.368 e. The predicted molar refractivity (Wildman–Crippen MR) is 90.2 cm³/mol. The van der Waals surface area contributed by atoms with E-state index in [0.717, 1.165) is 16.5 Å². The standard InChI is InChI=1S/C16H19N5O4/c17-14(23)7-20-16(25)13(21-15(24)8-18-9-22)5-10-6-19-12-4-2-1-3-11(10)12/h1-4,6,9,13,19H,5,7-8H2,(H2,17,23)(H,18,22)(H,20,25)(H,21,24)/t13-/m0/s1. The first-order chi connectivity index (χ1) is 12.0. The van der Waals surface area contributed by atoms with E-state index >= 15 is 0 Å². The summed E-state index contributed by atoms with van der Waals surface area (Å²) in [5.74, 6) is -1.75. The van der Waals surface area contributed by atoms with E-state index in [0.29, 0.717) is 6.41 Å². The molecule has 0 radical (unpaired) electrons. The van der Waals surface area contributed by atoms with Crippen molar-refractivity contribution in [1.82, 2.24) is 20.9 Å². The largest absolute Gasteiger partial charge is 0.368 e. The Morgan fingerprint density at radius 1 is 1.20 bits per heavy atom. The van der Waals surface area contributed by atoms with Gasteiger partial charge in [0.15, 0.2) is 0 Å². The second-order valence-electron chi connectivity index (χ2n) is 5.37. The molecule has 0 saturated carbocycles. The number of amides is 4. The van der Waals surface area contributed by atoms with Gasteiger partial charge < -0.3 is 26.7 Å². The Hall–Kier alpha value is -3.36. The highest BCUT2D eigenvalue weighted by Gasteiger charge is 2.22. The summed E-state index contributed by atoms with van der Waals surface area (Å²) in [5, 5.41) is 8.07. The average molecular weight is 345 g/mol. The molecule has 1 aromatic carbocycles. The Labute approximate surface area is 143 Å². The minimum absolute atomic E-state index is 0.210. The number of carbonyl (C=O) groups excluding carboxylic acids is 4. The molecule has 1 heterocycles. The number of para-hydroxylation sites is 1. The highest BCUT2D eigenvalue weighted by atomic mass is 16.2. The quantitative estimate of drug-likeness (QED) is 0.354. The van der Waals surface area contributed by atoms with Gasteiger partial charge in [0.2, 0.25) is 24.1 Å². The average Bonchev–Trinajstić information content (AvgIpc) is 3.00. The summed E-state index contributed by atoms with van der Waals surface area (Å²) >= 11 is 0. The molecule has 4 amide bonds. The SMILES string of the molecule is NC(=O)CNC(=O)[C@H](Cc1c[nH]c2ccccc12)NC(=O)CNC=O. The number of nitrogens with two attached hydrogens (primary N) is 1. The van der Waals surface area contributed by atoms with Crippen molar-refractivity contribution in [2.45, 2.75) is 12.5 Å². The van der Waals surface area contributed by atoms with Gasteiger partial charge in [-0.05, 0) is 11.6 Å². The molecule has 0 aliphatic rings. The molecule has 2 rings (SSSR count). The fourth-order valence-electron chi connectivity index (χ4n) is 2.41. The van der Waals surface area contributed by atoms with Crippen LogP contribution >= 0.6 is 0 Å². The summed E-state index contributed by atoms with van der Waals surface area (Å²) in [7, 11) is 0. The molecule has 9 heteroatoms. The highest BCUT2D eigenvalue weighted by Crippen LogP contribution is 2.19. The van der Waals surface area contributed by atoms with Crippen LogP contribution in [0.2, 0.25) is 0 Å². The number of rotatable bonds is 9. The maximum atomic E-state index is 12.3. The van der Waals surface area contributed by atoms with E-state index in [1.165, 1.54) is 0 Å². The number of hydrogen-bond donors (Lipinski definition) is 5. The molecular weight excluding hydrogens is 326 g/mol. The van der Waals surface area contributed by atoms with Crippen LogP contribution in [0.1, 0.15) is 5.56 Å². The maximum Gasteiger partial charge on any atom is 0.243 e. The van der Waals surface area contributed by atoms with Crippen LogP contribution in [0.3, 0.4) is 0 Å². The summed E-state index contributed by atoms with van der Waals surface area (Å²) < 4.78 is 0. The molecule has 6 N–H and O–H groups in total. The van der Waals surface area contributed by atoms with Crippen molar-refractivity contribution in [1.29, 1.82) is 0 Å². The Balaban J connectivity index is 2.14. The number of benzene rings is 1. The monoisotopic (exact) mass is 345 g/mol. The lowest BCUT2D eigenvalue weighted by Gasteiger charge is -2.18. The van der Waals surface area contributed by atoms with Gasteiger partial charge >= 0.3 is 0 Å². The number of aromatic amines is 1. The minimum atomic E-state index is -0.917. The highest BCUT2D eigenvalue weighted by molar-refractivity contribution is 5.92. The van der Waals surface area contributed by atoms with Crippen LogP contribution in [0.15, 0.2) is 30.5 Å². The van der Waals surface area contributed by atoms with Gasteiger partial charge in [-0.3, -0.25) is 19.2 Å². The summed E-state index contributed by atoms with van der Waals surface area (Å²) in [4.78, 5) is 48.3. The first-order valence-electron chi connectivity index (χ1n) is 7.58. The molecule has 0 unspecified atom stereocenters. The van der Waals surface area contributed by atoms with E-state index in [1.807, 2.05) is 24.3 Å². The molecular formula is C16H19N5O4. The second-order valence-corrected chi connectivity index (χ2v) is 5.37. The van der Waals surface area contributed by atoms with E-state index in [2.05, 4.69) is 20.9 Å². The zero-order valence-corrected chi connectivity index (χ0v) is 13.4. The lowest BCUT2D eigenvalue weighted by atomic mass is 10.0. The van der Waals surface area contributed by atoms with Crippen LogP contribution < -0.4 is 21.7 Å². The van der Waals surface area contributed by atoms with Crippen LogP contribution in [0.25, 0.3) is 10.9 Å². The molecule has 0 spiro atoms. The van der Waals surface area contributed by atoms with Gasteiger partial charge in [-0.1, -0.05) is 18.2 Å². The molecule has 0 fully saturated rings. The van der Waals surface area contributed by atoms with Crippen molar-refractivity contribution >= 4 is 35.0 Å². The van der Waals surface area contributed by atoms with E-state index in [1.54, 1.807) is 6.20 Å². The summed E-state index contributed by atoms with van der Waals surface area (Å²) in [5.41, 5.74) is 6.76. The predicted octanol–water partition coefficient (Wildman–Crippen LogP) is -1.46. The van der Waals surface area contributed by atoms with Crippen molar-refractivity contribution in [3.8, 4) is 0 Å². The molecule has 0 saturated heterocycles. The van der Waals surface area contributed by atoms with E-state index in [-0.39, 0.29) is 19.5 Å². The molecule has 2 aromatic rings. The smallest absolute Gasteiger partial charge is 0.243 e. The summed E-state index contributed by atoms with van der Waals surface area (Å²) in [6.07, 6.45) is 2.36. The Morgan fingerprint density at radius 2 is 1.96 bits per heavy atom. The normalized spacial score (nSPS) is 11.5. The van der Waals surface area contributed by atoms with Gasteiger partial charge in [0.25, 0.3) is 0 Å². The lowest BCUT2D eigenvalue weighted by Crippen LogP contribution is -2.51. The molecule has 132 valence electrons. The van der Waals surface area contributed by atoms with Gasteiger partial charge in [0.05, 0.1) is 13.1 Å². The topological polar surface area (TPSA) is 146 Å². The van der Waals surface area contributed by atoms with Crippen LogP contribution in [-0.2, 0) is 25.6 Å². The van der Waals surface area contributed by atoms with Crippen molar-refractivity contribution < 1.29 is 19.2 Å². The zero-order valence-electron chi connectivity index (χ0n) is 13.4. The number of carbonyl (C=O) groups is 4. The van der Waals surface area contributed by atoms with Crippen LogP contribution in [0.5, 0.6) is 0 Å². The first kappa shape index (κ1) is 18.0. The number of fused-ring (bicyclic) bond motifs is 1. The van der Waals surface area contributed by atoms with Crippen molar-refractivity contribution in [2.75, 3.05) is 13.1 Å². The number of primary amides is 1. The number of aromatic nitrogens is 1. The number of hydrogen-bond acceptors (Lipinski definition) is 4. The molecule has 9 nitrogen and oxygen atoms in total. The van der Waals surface area contributed by atoms with E-state index in [4.69, 9.17) is 5.73 Å². The van der Waals surface area contributed by atoms with Gasteiger partial charge in [-0.15, -0.1) is 0 Å². The summed E-state index contributed by atoms with van der Waals surface area (Å²) in [6.45, 7) is -0.581. The molecule has 0 aliphatic heterocycles. The second kappa shape index (κ2) is 8.48. The molecule has 0 aliphatic carbocycles. The van der Waals surface area contributed by atoms with E-state index < -0.39 is 23.8 Å². The van der Waals surface area contributed by atoms with E-state index in [9.17, 15) is 19.2 Å². The van der Waals surface area contributed by atoms with Gasteiger partial charge in [0.1, 0.15) is 6.04 Å². The third-order valence-electron chi connectivity index (χ3n) is 3.53. The number of nitrogens with one attached hydrogen (secondary N) is 4. The van der Waals surface area contributed by atoms with Crippen LogP contribution in [0.4, 0.5) is 0 Å². The van der Waals surface area contributed by atoms with Gasteiger partial charge in [0, 0.05) is 23.5 Å². The number of H-pyrrole nitrogens is 1. The summed E-state index contributed by atoms with van der Waals surface area (Å²) in [6, 6.07) is 6.63. The Kier molecular flexibility index (Phi) is 6.10. The third-order valence-corrected chi connectivity index (χ3v) is 3.53. The lowest BCUT2D eigenvalue weighted by molar-refractivity contribution is -0.129. The molecule has 0 bridgehead atoms. The Bertz CT molecular complexity index is 786.